The molecule has 0 fully saturated rings. The number of hydrogen-bond acceptors (Lipinski definition) is 9. The molecule has 0 amide bonds. The van der Waals surface area contributed by atoms with Crippen LogP contribution >= 0.6 is 0 Å². The van der Waals surface area contributed by atoms with Crippen molar-refractivity contribution in [2.45, 2.75) is 13.5 Å². The first-order valence-corrected chi connectivity index (χ1v) is 9.84. The minimum Gasteiger partial charge on any atom is -0.454 e. The van der Waals surface area contributed by atoms with E-state index in [1.165, 1.54) is 6.33 Å². The van der Waals surface area contributed by atoms with Crippen molar-refractivity contribution in [1.29, 1.82) is 0 Å². The summed E-state index contributed by atoms with van der Waals surface area (Å²) in [5.74, 6) is 1.50. The predicted molar refractivity (Wildman–Crippen MR) is 118 cm³/mol. The number of nitro groups is 1. The summed E-state index contributed by atoms with van der Waals surface area (Å²) in [4.78, 5) is 24.2. The van der Waals surface area contributed by atoms with Crippen molar-refractivity contribution in [2.75, 3.05) is 17.4 Å². The first-order valence-electron chi connectivity index (χ1n) is 9.84. The highest BCUT2D eigenvalue weighted by Crippen LogP contribution is 2.35. The summed E-state index contributed by atoms with van der Waals surface area (Å²) < 4.78 is 10.7. The van der Waals surface area contributed by atoms with E-state index in [0.717, 1.165) is 16.6 Å². The standard InChI is InChI=1S/C22H18N6O4/c1-13-5-7-15-3-2-4-16(19(15)26-13)27-22-20(28(29)30)21(24-11-25-22)23-10-14-6-8-17-18(9-14)32-12-31-17/h2-9,11H,10,12H2,1H3,(H2,23,24,25,27). The molecule has 3 heterocycles. The summed E-state index contributed by atoms with van der Waals surface area (Å²) in [6.07, 6.45) is 1.28. The van der Waals surface area contributed by atoms with Crippen LogP contribution in [0.15, 0.2) is 54.9 Å². The van der Waals surface area contributed by atoms with Gasteiger partial charge >= 0.3 is 5.69 Å². The van der Waals surface area contributed by atoms with Crippen molar-refractivity contribution < 1.29 is 14.4 Å². The molecule has 10 heteroatoms. The van der Waals surface area contributed by atoms with Crippen LogP contribution in [0.5, 0.6) is 11.5 Å². The number of nitrogens with zero attached hydrogens (tertiary/aromatic N) is 4. The van der Waals surface area contributed by atoms with Crippen LogP contribution in [-0.2, 0) is 6.54 Å². The topological polar surface area (TPSA) is 124 Å². The smallest absolute Gasteiger partial charge is 0.353 e. The van der Waals surface area contributed by atoms with Gasteiger partial charge in [-0.15, -0.1) is 0 Å². The Morgan fingerprint density at radius 3 is 2.78 bits per heavy atom. The number of rotatable bonds is 6. The highest BCUT2D eigenvalue weighted by Gasteiger charge is 2.24. The lowest BCUT2D eigenvalue weighted by molar-refractivity contribution is -0.383. The first-order chi connectivity index (χ1) is 15.6. The number of benzene rings is 2. The number of hydrogen-bond donors (Lipinski definition) is 2. The molecule has 10 nitrogen and oxygen atoms in total. The maximum absolute atomic E-state index is 11.9. The van der Waals surface area contributed by atoms with E-state index in [4.69, 9.17) is 9.47 Å². The van der Waals surface area contributed by atoms with Gasteiger partial charge in [-0.05, 0) is 36.8 Å². The zero-order chi connectivity index (χ0) is 22.1. The van der Waals surface area contributed by atoms with Gasteiger partial charge in [0.1, 0.15) is 6.33 Å². The van der Waals surface area contributed by atoms with Gasteiger partial charge in [-0.1, -0.05) is 24.3 Å². The predicted octanol–water partition coefficient (Wildman–Crippen LogP) is 4.33. The molecule has 2 aromatic carbocycles. The molecule has 4 aromatic rings. The van der Waals surface area contributed by atoms with Crippen LogP contribution in [0.4, 0.5) is 23.0 Å². The lowest BCUT2D eigenvalue weighted by atomic mass is 10.1. The van der Waals surface area contributed by atoms with Crippen LogP contribution in [0.25, 0.3) is 10.9 Å². The normalized spacial score (nSPS) is 12.0. The van der Waals surface area contributed by atoms with Crippen LogP contribution < -0.4 is 20.1 Å². The van der Waals surface area contributed by atoms with Crippen molar-refractivity contribution in [3.05, 3.63) is 76.2 Å². The van der Waals surface area contributed by atoms with Crippen LogP contribution in [-0.4, -0.2) is 26.7 Å². The summed E-state index contributed by atoms with van der Waals surface area (Å²) in [5, 5.41) is 18.9. The third-order valence-electron chi connectivity index (χ3n) is 5.01. The summed E-state index contributed by atoms with van der Waals surface area (Å²) in [6, 6.07) is 14.9. The van der Waals surface area contributed by atoms with E-state index in [2.05, 4.69) is 25.6 Å². The van der Waals surface area contributed by atoms with Gasteiger partial charge in [-0.3, -0.25) is 15.1 Å². The Bertz CT molecular complexity index is 1340. The van der Waals surface area contributed by atoms with Gasteiger partial charge in [0, 0.05) is 17.6 Å². The molecule has 0 spiro atoms. The second kappa shape index (κ2) is 7.99. The number of ether oxygens (including phenoxy) is 2. The molecular weight excluding hydrogens is 412 g/mol. The van der Waals surface area contributed by atoms with Gasteiger partial charge in [-0.2, -0.15) is 0 Å². The Kier molecular flexibility index (Phi) is 4.86. The van der Waals surface area contributed by atoms with E-state index in [1.54, 1.807) is 12.1 Å². The highest BCUT2D eigenvalue weighted by molar-refractivity contribution is 5.93. The van der Waals surface area contributed by atoms with E-state index < -0.39 is 4.92 Å². The number of pyridine rings is 1. The molecule has 0 unspecified atom stereocenters. The summed E-state index contributed by atoms with van der Waals surface area (Å²) in [6.45, 7) is 2.38. The fraction of sp³-hybridized carbons (Fsp3) is 0.136. The minimum absolute atomic E-state index is 0.0778. The SMILES string of the molecule is Cc1ccc2cccc(Nc3ncnc(NCc4ccc5c(c4)OCO5)c3[N+](=O)[O-])c2n1. The highest BCUT2D eigenvalue weighted by atomic mass is 16.7. The molecule has 0 aliphatic carbocycles. The molecule has 2 aromatic heterocycles. The quantitative estimate of drug-likeness (QED) is 0.340. The lowest BCUT2D eigenvalue weighted by Gasteiger charge is -2.12. The van der Waals surface area contributed by atoms with Gasteiger partial charge in [-0.25, -0.2) is 9.97 Å². The number of aromatic nitrogens is 3. The monoisotopic (exact) mass is 430 g/mol. The summed E-state index contributed by atoms with van der Waals surface area (Å²) in [7, 11) is 0. The van der Waals surface area contributed by atoms with Crippen LogP contribution in [0.1, 0.15) is 11.3 Å². The zero-order valence-electron chi connectivity index (χ0n) is 17.0. The molecule has 0 bridgehead atoms. The fourth-order valence-electron chi connectivity index (χ4n) is 3.48. The largest absolute Gasteiger partial charge is 0.454 e. The fourth-order valence-corrected chi connectivity index (χ4v) is 3.48. The van der Waals surface area contributed by atoms with Crippen LogP contribution in [0.2, 0.25) is 0 Å². The third-order valence-corrected chi connectivity index (χ3v) is 5.01. The van der Waals surface area contributed by atoms with Crippen molar-refractivity contribution in [1.82, 2.24) is 15.0 Å². The number of para-hydroxylation sites is 1. The summed E-state index contributed by atoms with van der Waals surface area (Å²) in [5.41, 5.74) is 2.78. The third kappa shape index (κ3) is 3.69. The van der Waals surface area contributed by atoms with Crippen molar-refractivity contribution in [3.8, 4) is 11.5 Å². The summed E-state index contributed by atoms with van der Waals surface area (Å²) >= 11 is 0. The average molecular weight is 430 g/mol. The molecule has 5 rings (SSSR count). The second-order valence-corrected chi connectivity index (χ2v) is 7.17. The Hall–Kier alpha value is -4.47. The Morgan fingerprint density at radius 1 is 1.06 bits per heavy atom. The number of aryl methyl sites for hydroxylation is 1. The molecule has 0 radical (unpaired) electrons. The average Bonchev–Trinajstić information content (AvgIpc) is 3.26. The van der Waals surface area contributed by atoms with Crippen LogP contribution in [0.3, 0.4) is 0 Å². The molecule has 1 aliphatic rings. The number of anilines is 3. The van der Waals surface area contributed by atoms with Gasteiger partial charge in [0.2, 0.25) is 18.4 Å². The van der Waals surface area contributed by atoms with Gasteiger partial charge in [0.05, 0.1) is 16.1 Å². The van der Waals surface area contributed by atoms with Gasteiger partial charge in [0.15, 0.2) is 11.5 Å². The number of nitrogens with one attached hydrogen (secondary N) is 2. The van der Waals surface area contributed by atoms with Gasteiger partial charge < -0.3 is 20.1 Å². The number of fused-ring (bicyclic) bond motifs is 2. The molecule has 1 aliphatic heterocycles. The van der Waals surface area contributed by atoms with Crippen LogP contribution in [0, 0.1) is 17.0 Å². The molecule has 160 valence electrons. The molecule has 32 heavy (non-hydrogen) atoms. The first kappa shape index (κ1) is 19.5. The molecular formula is C22H18N6O4. The Morgan fingerprint density at radius 2 is 1.91 bits per heavy atom. The Balaban J connectivity index is 1.45. The van der Waals surface area contributed by atoms with E-state index in [-0.39, 0.29) is 24.1 Å². The van der Waals surface area contributed by atoms with Gasteiger partial charge in [0.25, 0.3) is 0 Å². The minimum atomic E-state index is -0.506. The molecule has 0 atom stereocenters. The van der Waals surface area contributed by atoms with E-state index in [0.29, 0.717) is 29.2 Å². The molecule has 2 N–H and O–H groups in total. The van der Waals surface area contributed by atoms with Crippen molar-refractivity contribution in [3.63, 3.8) is 0 Å². The Labute approximate surface area is 182 Å². The maximum Gasteiger partial charge on any atom is 0.353 e. The maximum atomic E-state index is 11.9. The molecule has 0 saturated carbocycles. The molecule has 0 saturated heterocycles. The lowest BCUT2D eigenvalue weighted by Crippen LogP contribution is -2.08. The van der Waals surface area contributed by atoms with E-state index in [1.807, 2.05) is 43.3 Å². The van der Waals surface area contributed by atoms with E-state index in [9.17, 15) is 10.1 Å². The van der Waals surface area contributed by atoms with Crippen molar-refractivity contribution in [2.24, 2.45) is 0 Å². The van der Waals surface area contributed by atoms with Crippen molar-refractivity contribution >= 4 is 33.9 Å². The zero-order valence-corrected chi connectivity index (χ0v) is 17.0. The van der Waals surface area contributed by atoms with E-state index >= 15 is 0 Å². The second-order valence-electron chi connectivity index (χ2n) is 7.17.